The largest absolute Gasteiger partial charge is 0.309 e. The highest BCUT2D eigenvalue weighted by Gasteiger charge is 2.20. The molecule has 37 heavy (non-hydrogen) atoms. The van der Waals surface area contributed by atoms with E-state index in [4.69, 9.17) is 2.74 Å². The minimum Gasteiger partial charge on any atom is -0.309 e. The Labute approximate surface area is 219 Å². The van der Waals surface area contributed by atoms with Gasteiger partial charge in [-0.05, 0) is 79.1 Å². The Kier molecular flexibility index (Phi) is 4.29. The van der Waals surface area contributed by atoms with Crippen LogP contribution in [0.2, 0.25) is 0 Å². The maximum atomic E-state index is 9.00. The summed E-state index contributed by atoms with van der Waals surface area (Å²) in [5.41, 5.74) is 9.18. The van der Waals surface area contributed by atoms with Crippen LogP contribution in [0.1, 0.15) is 19.4 Å². The third kappa shape index (κ3) is 3.22. The lowest BCUT2D eigenvalue weighted by atomic mass is 9.93. The minimum absolute atomic E-state index is 0.218. The second kappa shape index (κ2) is 8.04. The van der Waals surface area contributed by atoms with Crippen molar-refractivity contribution in [3.63, 3.8) is 0 Å². The van der Waals surface area contributed by atoms with Gasteiger partial charge >= 0.3 is 0 Å². The minimum atomic E-state index is 0.218. The highest BCUT2D eigenvalue weighted by atomic mass is 15.0. The molecule has 0 unspecified atom stereocenters. The second-order valence-corrected chi connectivity index (χ2v) is 10.2. The van der Waals surface area contributed by atoms with Crippen molar-refractivity contribution in [2.45, 2.75) is 20.8 Å². The summed E-state index contributed by atoms with van der Waals surface area (Å²) in [6.45, 7) is 6.40. The Balaban J connectivity index is 1.54. The fourth-order valence-electron chi connectivity index (χ4n) is 5.98. The lowest BCUT2D eigenvalue weighted by Gasteiger charge is -2.13. The van der Waals surface area contributed by atoms with E-state index >= 15 is 0 Å². The van der Waals surface area contributed by atoms with Gasteiger partial charge in [0.1, 0.15) is 8.42 Å². The molecule has 2 heterocycles. The summed E-state index contributed by atoms with van der Waals surface area (Å²) in [6.07, 6.45) is 0.218. The smallest absolute Gasteiger partial charge is 0.220 e. The monoisotopic (exact) mass is 479 g/mol. The van der Waals surface area contributed by atoms with Gasteiger partial charge < -0.3 is 4.57 Å². The van der Waals surface area contributed by atoms with E-state index in [2.05, 4.69) is 116 Å². The zero-order valence-electron chi connectivity index (χ0n) is 23.6. The van der Waals surface area contributed by atoms with Gasteiger partial charge in [-0.1, -0.05) is 60.2 Å². The van der Waals surface area contributed by atoms with Gasteiger partial charge in [0.15, 0.2) is 6.17 Å². The predicted octanol–water partition coefficient (Wildman–Crippen LogP) is 8.51. The molecule has 0 atom stereocenters. The highest BCUT2D eigenvalue weighted by Crippen LogP contribution is 2.36. The van der Waals surface area contributed by atoms with Gasteiger partial charge in [-0.15, -0.1) is 0 Å². The molecule has 0 aliphatic carbocycles. The number of nitrogens with zero attached hydrogens (tertiary/aromatic N) is 2. The average Bonchev–Trinajstić information content (AvgIpc) is 3.28. The van der Waals surface area contributed by atoms with Gasteiger partial charge in [-0.2, -0.15) is 0 Å². The molecule has 0 fully saturated rings. The molecule has 2 heteroatoms. The summed E-state index contributed by atoms with van der Waals surface area (Å²) < 4.78 is 22.1. The van der Waals surface area contributed by atoms with Gasteiger partial charge in [-0.3, -0.25) is 0 Å². The third-order valence-corrected chi connectivity index (χ3v) is 7.85. The molecule has 7 aromatic rings. The first kappa shape index (κ1) is 19.7. The van der Waals surface area contributed by atoms with E-state index in [9.17, 15) is 0 Å². The Morgan fingerprint density at radius 2 is 1.35 bits per heavy atom. The average molecular weight is 480 g/mol. The van der Waals surface area contributed by atoms with E-state index in [-0.39, 0.29) is 12.2 Å². The van der Waals surface area contributed by atoms with E-state index in [1.54, 1.807) is 0 Å². The van der Waals surface area contributed by atoms with Crippen molar-refractivity contribution < 1.29 is 7.31 Å². The highest BCUT2D eigenvalue weighted by molar-refractivity contribution is 6.12. The lowest BCUT2D eigenvalue weighted by molar-refractivity contribution is -0.659. The lowest BCUT2D eigenvalue weighted by Crippen LogP contribution is -2.30. The molecule has 0 aliphatic heterocycles. The first-order chi connectivity index (χ1) is 18.8. The molecule has 2 nitrogen and oxygen atoms in total. The summed E-state index contributed by atoms with van der Waals surface area (Å²) in [7, 11) is 1.90. The zero-order chi connectivity index (χ0) is 27.0. The molecule has 0 saturated carbocycles. The number of hydrogen-bond donors (Lipinski definition) is 0. The Hall–Kier alpha value is -4.43. The van der Waals surface area contributed by atoms with Crippen molar-refractivity contribution in [2.75, 3.05) is 0 Å². The zero-order valence-corrected chi connectivity index (χ0v) is 21.6. The van der Waals surface area contributed by atoms with Crippen molar-refractivity contribution in [3.05, 3.63) is 120 Å². The SMILES string of the molecule is [2H]c1c([2H])[n+](C)c(-c2cc(C)cc(C)c2C)c2ccc3cc(-n4c5ccccc5c5ccccc54)ccc3c12. The van der Waals surface area contributed by atoms with E-state index in [1.807, 2.05) is 11.6 Å². The topological polar surface area (TPSA) is 8.81 Å². The number of hydrogen-bond acceptors (Lipinski definition) is 0. The quantitative estimate of drug-likeness (QED) is 0.174. The van der Waals surface area contributed by atoms with Crippen LogP contribution in [-0.2, 0) is 7.05 Å². The first-order valence-corrected chi connectivity index (χ1v) is 12.8. The first-order valence-electron chi connectivity index (χ1n) is 13.8. The molecule has 2 aromatic heterocycles. The fourth-order valence-corrected chi connectivity index (χ4v) is 5.98. The predicted molar refractivity (Wildman–Crippen MR) is 157 cm³/mol. The van der Waals surface area contributed by atoms with Crippen LogP contribution in [0.4, 0.5) is 0 Å². The number of aryl methyl sites for hydroxylation is 2. The fraction of sp³-hybridized carbons (Fsp3) is 0.114. The van der Waals surface area contributed by atoms with Gasteiger partial charge in [0.05, 0.1) is 23.4 Å². The molecule has 0 aliphatic rings. The Bertz CT molecular complexity index is 2080. The van der Waals surface area contributed by atoms with Crippen LogP contribution >= 0.6 is 0 Å². The summed E-state index contributed by atoms with van der Waals surface area (Å²) in [6, 6.07) is 32.5. The molecule has 7 rings (SSSR count). The van der Waals surface area contributed by atoms with Gasteiger partial charge in [0.25, 0.3) is 0 Å². The van der Waals surface area contributed by atoms with E-state index in [0.29, 0.717) is 0 Å². The molecular formula is C35H29N2+. The maximum Gasteiger partial charge on any atom is 0.220 e. The van der Waals surface area contributed by atoms with Crippen LogP contribution in [0.3, 0.4) is 0 Å². The molecule has 0 saturated heterocycles. The van der Waals surface area contributed by atoms with Gasteiger partial charge in [-0.25, -0.2) is 4.57 Å². The normalized spacial score (nSPS) is 12.5. The molecule has 0 amide bonds. The van der Waals surface area contributed by atoms with Crippen molar-refractivity contribution in [2.24, 2.45) is 7.05 Å². The number of fused-ring (bicyclic) bond motifs is 6. The summed E-state index contributed by atoms with van der Waals surface area (Å²) in [4.78, 5) is 0. The van der Waals surface area contributed by atoms with Gasteiger partial charge in [0.2, 0.25) is 5.69 Å². The molecule has 178 valence electrons. The number of rotatable bonds is 2. The van der Waals surface area contributed by atoms with E-state index in [0.717, 1.165) is 38.5 Å². The molecule has 0 N–H and O–H groups in total. The summed E-state index contributed by atoms with van der Waals surface area (Å²) >= 11 is 0. The number of para-hydroxylation sites is 2. The van der Waals surface area contributed by atoms with Crippen molar-refractivity contribution in [1.29, 1.82) is 0 Å². The molecule has 5 aromatic carbocycles. The third-order valence-electron chi connectivity index (χ3n) is 7.85. The summed E-state index contributed by atoms with van der Waals surface area (Å²) in [5.74, 6) is 0. The number of pyridine rings is 1. The Morgan fingerprint density at radius 3 is 2.08 bits per heavy atom. The van der Waals surface area contributed by atoms with Crippen molar-refractivity contribution in [1.82, 2.24) is 4.57 Å². The van der Waals surface area contributed by atoms with Crippen LogP contribution in [-0.4, -0.2) is 4.57 Å². The van der Waals surface area contributed by atoms with Crippen LogP contribution in [0.5, 0.6) is 0 Å². The van der Waals surface area contributed by atoms with Crippen LogP contribution < -0.4 is 4.57 Å². The second-order valence-electron chi connectivity index (χ2n) is 10.2. The number of benzene rings is 5. The number of aromatic nitrogens is 2. The van der Waals surface area contributed by atoms with Crippen molar-refractivity contribution in [3.8, 4) is 16.9 Å². The molecule has 0 radical (unpaired) electrons. The van der Waals surface area contributed by atoms with Crippen LogP contribution in [0, 0.1) is 20.8 Å². The maximum absolute atomic E-state index is 9.00. The summed E-state index contributed by atoms with van der Waals surface area (Å²) in [5, 5.41) is 6.37. The van der Waals surface area contributed by atoms with E-state index in [1.165, 1.54) is 38.5 Å². The molecule has 0 spiro atoms. The van der Waals surface area contributed by atoms with Crippen LogP contribution in [0.25, 0.3) is 60.3 Å². The van der Waals surface area contributed by atoms with Crippen LogP contribution in [0.15, 0.2) is 103 Å². The molecular weight excluding hydrogens is 448 g/mol. The Morgan fingerprint density at radius 1 is 0.676 bits per heavy atom. The van der Waals surface area contributed by atoms with E-state index < -0.39 is 0 Å². The van der Waals surface area contributed by atoms with Crippen molar-refractivity contribution >= 4 is 43.4 Å². The standard InChI is InChI=1S/C35H29N2/c1-22-19-23(2)24(3)32(20-22)35-31-15-13-25-21-26(14-16-27(25)28(31)17-18-36(35)4)37-33-11-7-5-9-29(33)30-10-6-8-12-34(30)37/h5-21H,1-4H3/q+1/i17D,18D. The van der Waals surface area contributed by atoms with Gasteiger partial charge in [0, 0.05) is 27.9 Å². The molecule has 0 bridgehead atoms.